The second-order valence-electron chi connectivity index (χ2n) is 7.51. The van der Waals surface area contributed by atoms with Gasteiger partial charge >= 0.3 is 0 Å². The minimum absolute atomic E-state index is 0.147. The Morgan fingerprint density at radius 2 is 2.00 bits per heavy atom. The third-order valence-corrected chi connectivity index (χ3v) is 5.76. The molecule has 2 heterocycles. The molecule has 0 aromatic heterocycles. The lowest BCUT2D eigenvalue weighted by atomic mass is 10.0. The zero-order valence-corrected chi connectivity index (χ0v) is 15.2. The van der Waals surface area contributed by atoms with Crippen molar-refractivity contribution in [1.82, 2.24) is 4.90 Å². The number of hydrogen-bond donors (Lipinski definition) is 1. The van der Waals surface area contributed by atoms with Crippen molar-refractivity contribution < 1.29 is 9.18 Å². The number of hydrogen-bond acceptors (Lipinski definition) is 2. The van der Waals surface area contributed by atoms with Gasteiger partial charge in [0, 0.05) is 29.9 Å². The van der Waals surface area contributed by atoms with Gasteiger partial charge in [0.15, 0.2) is 0 Å². The van der Waals surface area contributed by atoms with Gasteiger partial charge in [-0.25, -0.2) is 4.39 Å². The van der Waals surface area contributed by atoms with Crippen LogP contribution < -0.4 is 5.32 Å². The molecule has 1 saturated heterocycles. The highest BCUT2D eigenvalue weighted by Crippen LogP contribution is 2.30. The van der Waals surface area contributed by atoms with Crippen LogP contribution in [0.25, 0.3) is 0 Å². The van der Waals surface area contributed by atoms with Crippen molar-refractivity contribution in [2.75, 3.05) is 11.9 Å². The van der Waals surface area contributed by atoms with Gasteiger partial charge in [0.05, 0.1) is 0 Å². The minimum Gasteiger partial charge on any atom is -0.384 e. The molecule has 4 rings (SSSR count). The van der Waals surface area contributed by atoms with E-state index in [0.29, 0.717) is 0 Å². The van der Waals surface area contributed by atoms with Crippen LogP contribution in [0.2, 0.25) is 0 Å². The van der Waals surface area contributed by atoms with Crippen LogP contribution in [-0.2, 0) is 12.8 Å². The zero-order chi connectivity index (χ0) is 18.1. The van der Waals surface area contributed by atoms with Crippen molar-refractivity contribution >= 4 is 11.6 Å². The summed E-state index contributed by atoms with van der Waals surface area (Å²) < 4.78 is 13.1. The Hall–Kier alpha value is -2.36. The third-order valence-electron chi connectivity index (χ3n) is 5.76. The summed E-state index contributed by atoms with van der Waals surface area (Å²) in [6.07, 6.45) is 4.87. The van der Waals surface area contributed by atoms with Crippen LogP contribution in [0.3, 0.4) is 0 Å². The highest BCUT2D eigenvalue weighted by atomic mass is 19.1. The predicted octanol–water partition coefficient (Wildman–Crippen LogP) is 4.42. The number of rotatable bonds is 4. The first-order valence-electron chi connectivity index (χ1n) is 9.56. The molecule has 1 amide bonds. The Balaban J connectivity index is 1.47. The van der Waals surface area contributed by atoms with E-state index in [2.05, 4.69) is 23.2 Å². The van der Waals surface area contributed by atoms with E-state index in [4.69, 9.17) is 0 Å². The average Bonchev–Trinajstić information content (AvgIpc) is 3.26. The first-order chi connectivity index (χ1) is 12.6. The van der Waals surface area contributed by atoms with E-state index in [-0.39, 0.29) is 23.8 Å². The van der Waals surface area contributed by atoms with Gasteiger partial charge in [0.2, 0.25) is 0 Å². The van der Waals surface area contributed by atoms with Crippen LogP contribution in [0, 0.1) is 5.82 Å². The molecular weight excluding hydrogens is 327 g/mol. The molecule has 136 valence electrons. The van der Waals surface area contributed by atoms with Crippen LogP contribution in [0.4, 0.5) is 10.1 Å². The van der Waals surface area contributed by atoms with Gasteiger partial charge in [0.25, 0.3) is 5.91 Å². The molecule has 4 heteroatoms. The largest absolute Gasteiger partial charge is 0.384 e. The fourth-order valence-corrected chi connectivity index (χ4v) is 4.29. The van der Waals surface area contributed by atoms with Gasteiger partial charge in [-0.1, -0.05) is 12.1 Å². The summed E-state index contributed by atoms with van der Waals surface area (Å²) in [5, 5.41) is 3.34. The molecule has 2 aliphatic rings. The van der Waals surface area contributed by atoms with Crippen LogP contribution >= 0.6 is 0 Å². The number of aryl methyl sites for hydroxylation is 1. The van der Waals surface area contributed by atoms with E-state index in [0.717, 1.165) is 55.5 Å². The van der Waals surface area contributed by atoms with E-state index < -0.39 is 0 Å². The zero-order valence-electron chi connectivity index (χ0n) is 15.2. The highest BCUT2D eigenvalue weighted by Gasteiger charge is 2.34. The summed E-state index contributed by atoms with van der Waals surface area (Å²) in [6, 6.07) is 13.3. The van der Waals surface area contributed by atoms with Crippen LogP contribution in [0.1, 0.15) is 47.7 Å². The Bertz CT molecular complexity index is 802. The third kappa shape index (κ3) is 3.33. The number of amides is 1. The van der Waals surface area contributed by atoms with E-state index in [1.165, 1.54) is 17.7 Å². The summed E-state index contributed by atoms with van der Waals surface area (Å²) in [6.45, 7) is 3.10. The number of carbonyl (C=O) groups excluding carboxylic acids is 1. The van der Waals surface area contributed by atoms with Gasteiger partial charge in [-0.3, -0.25) is 4.79 Å². The van der Waals surface area contributed by atoms with Crippen LogP contribution in [-0.4, -0.2) is 29.4 Å². The maximum absolute atomic E-state index is 13.2. The number of fused-ring (bicyclic) bond motifs is 1. The molecule has 0 aliphatic carbocycles. The van der Waals surface area contributed by atoms with Crippen molar-refractivity contribution in [1.29, 1.82) is 0 Å². The van der Waals surface area contributed by atoms with E-state index >= 15 is 0 Å². The number of likely N-dealkylation sites (tertiary alicyclic amines) is 1. The maximum Gasteiger partial charge on any atom is 0.254 e. The molecule has 1 N–H and O–H groups in total. The summed E-state index contributed by atoms with van der Waals surface area (Å²) >= 11 is 0. The van der Waals surface area contributed by atoms with Gasteiger partial charge < -0.3 is 10.2 Å². The Morgan fingerprint density at radius 1 is 1.19 bits per heavy atom. The SMILES string of the molecule is C[C@@H]1CC[C@H](CCc2ccc(F)cc2)N1C(=O)c1ccc2c(c1)CCN2. The molecule has 0 bridgehead atoms. The molecule has 0 unspecified atom stereocenters. The molecule has 2 aromatic carbocycles. The lowest BCUT2D eigenvalue weighted by Crippen LogP contribution is -2.40. The molecule has 1 fully saturated rings. The smallest absolute Gasteiger partial charge is 0.254 e. The minimum atomic E-state index is -0.203. The van der Waals surface area contributed by atoms with Crippen LogP contribution in [0.15, 0.2) is 42.5 Å². The highest BCUT2D eigenvalue weighted by molar-refractivity contribution is 5.95. The Morgan fingerprint density at radius 3 is 2.81 bits per heavy atom. The van der Waals surface area contributed by atoms with Crippen molar-refractivity contribution in [2.24, 2.45) is 0 Å². The van der Waals surface area contributed by atoms with Gasteiger partial charge in [-0.2, -0.15) is 0 Å². The second-order valence-corrected chi connectivity index (χ2v) is 7.51. The number of carbonyl (C=O) groups is 1. The lowest BCUT2D eigenvalue weighted by Gasteiger charge is -2.29. The van der Waals surface area contributed by atoms with Gasteiger partial charge in [-0.15, -0.1) is 0 Å². The summed E-state index contributed by atoms with van der Waals surface area (Å²) in [4.78, 5) is 15.3. The summed E-state index contributed by atoms with van der Waals surface area (Å²) in [5.74, 6) is -0.0556. The van der Waals surface area contributed by atoms with E-state index in [1.54, 1.807) is 0 Å². The number of anilines is 1. The normalized spacial score (nSPS) is 21.5. The molecule has 26 heavy (non-hydrogen) atoms. The number of nitrogens with one attached hydrogen (secondary N) is 1. The number of halogens is 1. The monoisotopic (exact) mass is 352 g/mol. The second kappa shape index (κ2) is 7.10. The molecule has 2 aromatic rings. The van der Waals surface area contributed by atoms with Crippen molar-refractivity contribution in [3.05, 3.63) is 65.0 Å². The summed E-state index contributed by atoms with van der Waals surface area (Å²) in [5.41, 5.74) is 4.32. The Labute approximate surface area is 154 Å². The van der Waals surface area contributed by atoms with Crippen molar-refractivity contribution in [3.8, 4) is 0 Å². The molecule has 2 atom stereocenters. The van der Waals surface area contributed by atoms with E-state index in [9.17, 15) is 9.18 Å². The Kier molecular flexibility index (Phi) is 4.66. The molecule has 0 radical (unpaired) electrons. The first-order valence-corrected chi connectivity index (χ1v) is 9.56. The first kappa shape index (κ1) is 17.1. The topological polar surface area (TPSA) is 32.3 Å². The fourth-order valence-electron chi connectivity index (χ4n) is 4.29. The maximum atomic E-state index is 13.2. The van der Waals surface area contributed by atoms with Crippen molar-refractivity contribution in [3.63, 3.8) is 0 Å². The van der Waals surface area contributed by atoms with Crippen molar-refractivity contribution in [2.45, 2.75) is 51.1 Å². The molecular formula is C22H25FN2O. The standard InChI is InChI=1S/C22H25FN2O/c1-15-2-9-20(10-5-16-3-7-19(23)8-4-16)25(15)22(26)18-6-11-21-17(14-18)12-13-24-21/h3-4,6-8,11,14-15,20,24H,2,5,9-10,12-13H2,1H3/t15-,20-/m1/s1. The van der Waals surface area contributed by atoms with Gasteiger partial charge in [-0.05, 0) is 80.5 Å². The quantitative estimate of drug-likeness (QED) is 0.883. The number of benzene rings is 2. The average molecular weight is 352 g/mol. The predicted molar refractivity (Wildman–Crippen MR) is 102 cm³/mol. The fraction of sp³-hybridized carbons (Fsp3) is 0.409. The number of nitrogens with zero attached hydrogens (tertiary/aromatic N) is 1. The van der Waals surface area contributed by atoms with Crippen LogP contribution in [0.5, 0.6) is 0 Å². The molecule has 0 saturated carbocycles. The molecule has 3 nitrogen and oxygen atoms in total. The summed E-state index contributed by atoms with van der Waals surface area (Å²) in [7, 11) is 0. The lowest BCUT2D eigenvalue weighted by molar-refractivity contribution is 0.0672. The molecule has 2 aliphatic heterocycles. The molecule has 0 spiro atoms. The van der Waals surface area contributed by atoms with E-state index in [1.807, 2.05) is 24.3 Å². The van der Waals surface area contributed by atoms with Gasteiger partial charge in [0.1, 0.15) is 5.82 Å².